The molecule has 0 amide bonds. The molecule has 1 aliphatic rings. The Morgan fingerprint density at radius 2 is 1.39 bits per heavy atom. The summed E-state index contributed by atoms with van der Waals surface area (Å²) in [5, 5.41) is 0. The lowest BCUT2D eigenvalue weighted by Crippen LogP contribution is -2.30. The Morgan fingerprint density at radius 3 is 1.87 bits per heavy atom. The molecule has 0 radical (unpaired) electrons. The second kappa shape index (κ2) is 5.14. The number of methoxy groups -OCH3 is 2. The van der Waals surface area contributed by atoms with Gasteiger partial charge in [0.25, 0.3) is 20.0 Å². The third-order valence-corrected chi connectivity index (χ3v) is 7.82. The molecular formula is C14H13NO6S2. The minimum Gasteiger partial charge on any atom is -0.497 e. The summed E-state index contributed by atoms with van der Waals surface area (Å²) in [6, 6.07) is 9.69. The fourth-order valence-electron chi connectivity index (χ4n) is 2.38. The van der Waals surface area contributed by atoms with Crippen LogP contribution in [-0.4, -0.2) is 31.1 Å². The van der Waals surface area contributed by atoms with Gasteiger partial charge in [0.05, 0.1) is 14.2 Å². The lowest BCUT2D eigenvalue weighted by atomic mass is 10.3. The van der Waals surface area contributed by atoms with Crippen LogP contribution in [0.3, 0.4) is 0 Å². The van der Waals surface area contributed by atoms with Crippen molar-refractivity contribution in [2.75, 3.05) is 17.9 Å². The van der Waals surface area contributed by atoms with Crippen LogP contribution in [0.15, 0.2) is 52.3 Å². The minimum atomic E-state index is -4.23. The van der Waals surface area contributed by atoms with E-state index in [-0.39, 0.29) is 21.2 Å². The number of fused-ring (bicyclic) bond motifs is 1. The lowest BCUT2D eigenvalue weighted by Gasteiger charge is -2.19. The van der Waals surface area contributed by atoms with E-state index in [1.807, 2.05) is 0 Å². The molecule has 0 bridgehead atoms. The highest BCUT2D eigenvalue weighted by Gasteiger charge is 2.48. The number of anilines is 1. The summed E-state index contributed by atoms with van der Waals surface area (Å²) in [6.45, 7) is 0. The standard InChI is InChI=1S/C14H13NO6S2/c1-20-10-7-8-11(12(9-10)21-2)15-22(16,17)13-5-3-4-6-14(13)23(15,18)19/h3-9H,1-2H3. The highest BCUT2D eigenvalue weighted by Crippen LogP contribution is 2.44. The Bertz CT molecular complexity index is 929. The van der Waals surface area contributed by atoms with E-state index < -0.39 is 20.0 Å². The van der Waals surface area contributed by atoms with E-state index >= 15 is 0 Å². The minimum absolute atomic E-state index is 0.0734. The normalized spacial score (nSPS) is 17.6. The van der Waals surface area contributed by atoms with Gasteiger partial charge < -0.3 is 9.47 Å². The van der Waals surface area contributed by atoms with Gasteiger partial charge in [-0.1, -0.05) is 12.1 Å². The third-order valence-electron chi connectivity index (χ3n) is 3.43. The van der Waals surface area contributed by atoms with E-state index in [2.05, 4.69) is 0 Å². The van der Waals surface area contributed by atoms with Crippen LogP contribution >= 0.6 is 0 Å². The maximum Gasteiger partial charge on any atom is 0.279 e. The number of rotatable bonds is 3. The molecule has 0 saturated heterocycles. The zero-order valence-electron chi connectivity index (χ0n) is 12.3. The number of benzene rings is 2. The number of nitrogens with zero attached hydrogens (tertiary/aromatic N) is 1. The van der Waals surface area contributed by atoms with Crippen molar-refractivity contribution in [3.8, 4) is 11.5 Å². The quantitative estimate of drug-likeness (QED) is 0.831. The Labute approximate surface area is 134 Å². The predicted octanol–water partition coefficient (Wildman–Crippen LogP) is 1.60. The third kappa shape index (κ3) is 2.15. The molecule has 3 rings (SSSR count). The van der Waals surface area contributed by atoms with E-state index in [0.29, 0.717) is 9.46 Å². The highest BCUT2D eigenvalue weighted by atomic mass is 32.3. The molecule has 0 aromatic heterocycles. The molecule has 122 valence electrons. The fourth-order valence-corrected chi connectivity index (χ4v) is 6.85. The molecule has 0 unspecified atom stereocenters. The van der Waals surface area contributed by atoms with Gasteiger partial charge in [-0.3, -0.25) is 0 Å². The first-order chi connectivity index (χ1) is 10.8. The molecular weight excluding hydrogens is 342 g/mol. The molecule has 2 aromatic rings. The van der Waals surface area contributed by atoms with Crippen molar-refractivity contribution in [2.24, 2.45) is 0 Å². The molecule has 1 aliphatic heterocycles. The van der Waals surface area contributed by atoms with Gasteiger partial charge in [-0.05, 0) is 24.3 Å². The van der Waals surface area contributed by atoms with E-state index in [9.17, 15) is 16.8 Å². The molecule has 0 fully saturated rings. The Hall–Kier alpha value is -2.26. The molecule has 0 spiro atoms. The Balaban J connectivity index is 2.31. The van der Waals surface area contributed by atoms with Gasteiger partial charge in [-0.2, -0.15) is 20.5 Å². The summed E-state index contributed by atoms with van der Waals surface area (Å²) >= 11 is 0. The molecule has 2 aromatic carbocycles. The smallest absolute Gasteiger partial charge is 0.279 e. The van der Waals surface area contributed by atoms with Gasteiger partial charge in [0, 0.05) is 6.07 Å². The molecule has 23 heavy (non-hydrogen) atoms. The van der Waals surface area contributed by atoms with Gasteiger partial charge in [-0.15, -0.1) is 0 Å². The Morgan fingerprint density at radius 1 is 0.826 bits per heavy atom. The monoisotopic (exact) mass is 355 g/mol. The molecule has 9 heteroatoms. The summed E-state index contributed by atoms with van der Waals surface area (Å²) in [6.07, 6.45) is 0. The first kappa shape index (κ1) is 15.6. The van der Waals surface area contributed by atoms with Gasteiger partial charge in [0.1, 0.15) is 27.0 Å². The SMILES string of the molecule is COc1ccc(N2S(=O)(=O)c3ccccc3S2(=O)=O)c(OC)c1. The zero-order chi connectivity index (χ0) is 16.8. The van der Waals surface area contributed by atoms with E-state index in [1.54, 1.807) is 0 Å². The van der Waals surface area contributed by atoms with Crippen LogP contribution in [0.1, 0.15) is 0 Å². The second-order valence-corrected chi connectivity index (χ2v) is 8.43. The van der Waals surface area contributed by atoms with E-state index in [0.717, 1.165) is 0 Å². The molecule has 1 heterocycles. The van der Waals surface area contributed by atoms with Gasteiger partial charge in [0.2, 0.25) is 0 Å². The first-order valence-electron chi connectivity index (χ1n) is 6.45. The molecule has 0 N–H and O–H groups in total. The number of ether oxygens (including phenoxy) is 2. The van der Waals surface area contributed by atoms with Crippen LogP contribution in [0.4, 0.5) is 5.69 Å². The Kier molecular flexibility index (Phi) is 3.49. The summed E-state index contributed by atoms with van der Waals surface area (Å²) < 4.78 is 61.3. The van der Waals surface area contributed by atoms with Crippen molar-refractivity contribution >= 4 is 25.7 Å². The molecule has 0 aliphatic carbocycles. The first-order valence-corrected chi connectivity index (χ1v) is 9.33. The van der Waals surface area contributed by atoms with Crippen LogP contribution in [-0.2, 0) is 20.0 Å². The van der Waals surface area contributed by atoms with Gasteiger partial charge in [0.15, 0.2) is 0 Å². The van der Waals surface area contributed by atoms with Crippen molar-refractivity contribution in [1.82, 2.24) is 0 Å². The van der Waals surface area contributed by atoms with E-state index in [4.69, 9.17) is 9.47 Å². The van der Waals surface area contributed by atoms with Crippen molar-refractivity contribution in [3.63, 3.8) is 0 Å². The fraction of sp³-hybridized carbons (Fsp3) is 0.143. The van der Waals surface area contributed by atoms with Crippen LogP contribution < -0.4 is 13.2 Å². The molecule has 0 atom stereocenters. The van der Waals surface area contributed by atoms with E-state index in [1.165, 1.54) is 56.7 Å². The van der Waals surface area contributed by atoms with Gasteiger partial charge >= 0.3 is 0 Å². The number of sulfonamides is 2. The largest absolute Gasteiger partial charge is 0.497 e. The number of hydrogen-bond donors (Lipinski definition) is 0. The van der Waals surface area contributed by atoms with Crippen molar-refractivity contribution in [1.29, 1.82) is 0 Å². The molecule has 7 nitrogen and oxygen atoms in total. The predicted molar refractivity (Wildman–Crippen MR) is 82.8 cm³/mol. The van der Waals surface area contributed by atoms with Crippen LogP contribution in [0.2, 0.25) is 0 Å². The zero-order valence-corrected chi connectivity index (χ0v) is 13.9. The topological polar surface area (TPSA) is 90.0 Å². The summed E-state index contributed by atoms with van der Waals surface area (Å²) in [4.78, 5) is -0.504. The summed E-state index contributed by atoms with van der Waals surface area (Å²) in [5.41, 5.74) is -0.0931. The molecule has 0 saturated carbocycles. The summed E-state index contributed by atoms with van der Waals surface area (Å²) in [5.74, 6) is 0.487. The van der Waals surface area contributed by atoms with Crippen LogP contribution in [0.5, 0.6) is 11.5 Å². The highest BCUT2D eigenvalue weighted by molar-refractivity contribution is 8.12. The van der Waals surface area contributed by atoms with Crippen LogP contribution in [0, 0.1) is 0 Å². The maximum absolute atomic E-state index is 12.7. The number of hydrogen-bond acceptors (Lipinski definition) is 6. The van der Waals surface area contributed by atoms with Crippen molar-refractivity contribution in [3.05, 3.63) is 42.5 Å². The summed E-state index contributed by atoms with van der Waals surface area (Å²) in [7, 11) is -5.71. The lowest BCUT2D eigenvalue weighted by molar-refractivity contribution is 0.395. The van der Waals surface area contributed by atoms with Crippen LogP contribution in [0.25, 0.3) is 0 Å². The average molecular weight is 355 g/mol. The maximum atomic E-state index is 12.7. The second-order valence-electron chi connectivity index (χ2n) is 4.69. The van der Waals surface area contributed by atoms with Gasteiger partial charge in [-0.25, -0.2) is 0 Å². The van der Waals surface area contributed by atoms with Crippen molar-refractivity contribution in [2.45, 2.75) is 9.79 Å². The van der Waals surface area contributed by atoms with Crippen molar-refractivity contribution < 1.29 is 26.3 Å². The average Bonchev–Trinajstić information content (AvgIpc) is 2.70.